The van der Waals surface area contributed by atoms with Gasteiger partial charge in [0.1, 0.15) is 11.2 Å². The molecule has 2 atom stereocenters. The standard InChI is InChI=1S/C37H41N3O4/c1-36(2,3)44-35(41)40-21-19-28(25-40)29-23-31(34(43-6)38-24-29)33(27-14-8-7-9-15-27)37(42,20-22-39(4)5)32-18-12-16-26-13-10-11-17-30(26)32/h7-19,21,23-25,33,42H,20,22H2,1-6H3. The first-order valence-electron chi connectivity index (χ1n) is 14.9. The van der Waals surface area contributed by atoms with Crippen molar-refractivity contribution in [3.8, 4) is 17.0 Å². The molecular weight excluding hydrogens is 550 g/mol. The van der Waals surface area contributed by atoms with E-state index in [1.807, 2.05) is 102 Å². The quantitative estimate of drug-likeness (QED) is 0.192. The molecule has 0 saturated heterocycles. The minimum absolute atomic E-state index is 0.428. The van der Waals surface area contributed by atoms with Gasteiger partial charge in [0.05, 0.1) is 7.11 Å². The molecule has 0 aliphatic heterocycles. The number of methoxy groups -OCH3 is 1. The molecule has 2 aromatic heterocycles. The molecule has 0 aliphatic rings. The second-order valence-electron chi connectivity index (χ2n) is 12.5. The van der Waals surface area contributed by atoms with E-state index in [9.17, 15) is 9.90 Å². The number of hydrogen-bond acceptors (Lipinski definition) is 6. The van der Waals surface area contributed by atoms with E-state index in [-0.39, 0.29) is 0 Å². The fourth-order valence-corrected chi connectivity index (χ4v) is 5.79. The summed E-state index contributed by atoms with van der Waals surface area (Å²) in [5.41, 5.74) is 2.15. The number of carbonyl (C=O) groups excluding carboxylic acids is 1. The van der Waals surface area contributed by atoms with Crippen LogP contribution in [0.1, 0.15) is 49.8 Å². The van der Waals surface area contributed by atoms with Crippen LogP contribution in [-0.4, -0.2) is 59.0 Å². The molecule has 5 aromatic rings. The maximum absolute atomic E-state index is 13.2. The molecule has 7 heteroatoms. The van der Waals surface area contributed by atoms with Crippen LogP contribution in [0, 0.1) is 0 Å². The van der Waals surface area contributed by atoms with Crippen molar-refractivity contribution in [1.82, 2.24) is 14.5 Å². The molecule has 2 heterocycles. The third-order valence-electron chi connectivity index (χ3n) is 7.82. The molecule has 0 bridgehead atoms. The highest BCUT2D eigenvalue weighted by atomic mass is 16.6. The Morgan fingerprint density at radius 2 is 1.66 bits per heavy atom. The van der Waals surface area contributed by atoms with Crippen LogP contribution in [0.5, 0.6) is 5.88 Å². The van der Waals surface area contributed by atoms with E-state index in [0.29, 0.717) is 18.8 Å². The Hall–Kier alpha value is -4.46. The van der Waals surface area contributed by atoms with Gasteiger partial charge in [0.25, 0.3) is 0 Å². The van der Waals surface area contributed by atoms with Crippen LogP contribution in [0.2, 0.25) is 0 Å². The van der Waals surface area contributed by atoms with Crippen molar-refractivity contribution < 1.29 is 19.4 Å². The van der Waals surface area contributed by atoms with Gasteiger partial charge in [-0.3, -0.25) is 4.57 Å². The van der Waals surface area contributed by atoms with Crippen LogP contribution >= 0.6 is 0 Å². The predicted octanol–water partition coefficient (Wildman–Crippen LogP) is 7.47. The Morgan fingerprint density at radius 1 is 0.955 bits per heavy atom. The van der Waals surface area contributed by atoms with Crippen molar-refractivity contribution in [2.24, 2.45) is 0 Å². The van der Waals surface area contributed by atoms with Crippen molar-refractivity contribution in [1.29, 1.82) is 0 Å². The second kappa shape index (κ2) is 12.6. The van der Waals surface area contributed by atoms with Gasteiger partial charge in [-0.1, -0.05) is 72.8 Å². The van der Waals surface area contributed by atoms with Gasteiger partial charge in [0.15, 0.2) is 0 Å². The predicted molar refractivity (Wildman–Crippen MR) is 175 cm³/mol. The lowest BCUT2D eigenvalue weighted by atomic mass is 9.70. The zero-order chi connectivity index (χ0) is 31.5. The summed E-state index contributed by atoms with van der Waals surface area (Å²) in [6.07, 6.45) is 5.15. The molecule has 1 N–H and O–H groups in total. The van der Waals surface area contributed by atoms with Gasteiger partial charge in [-0.25, -0.2) is 9.78 Å². The second-order valence-corrected chi connectivity index (χ2v) is 12.5. The van der Waals surface area contributed by atoms with Gasteiger partial charge >= 0.3 is 6.09 Å². The fourth-order valence-electron chi connectivity index (χ4n) is 5.79. The summed E-state index contributed by atoms with van der Waals surface area (Å²) >= 11 is 0. The number of nitrogens with zero attached hydrogens (tertiary/aromatic N) is 3. The molecular formula is C37H41N3O4. The highest BCUT2D eigenvalue weighted by Crippen LogP contribution is 2.49. The smallest absolute Gasteiger partial charge is 0.418 e. The Morgan fingerprint density at radius 3 is 2.36 bits per heavy atom. The van der Waals surface area contributed by atoms with E-state index in [1.165, 1.54) is 4.57 Å². The number of aliphatic hydroxyl groups is 1. The van der Waals surface area contributed by atoms with Gasteiger partial charge in [-0.2, -0.15) is 0 Å². The molecule has 0 spiro atoms. The molecule has 5 rings (SSSR count). The van der Waals surface area contributed by atoms with E-state index in [4.69, 9.17) is 14.5 Å². The summed E-state index contributed by atoms with van der Waals surface area (Å²) in [7, 11) is 5.63. The van der Waals surface area contributed by atoms with Crippen LogP contribution in [0.25, 0.3) is 21.9 Å². The van der Waals surface area contributed by atoms with Gasteiger partial charge < -0.3 is 19.5 Å². The molecule has 0 amide bonds. The summed E-state index contributed by atoms with van der Waals surface area (Å²) < 4.78 is 12.9. The highest BCUT2D eigenvalue weighted by Gasteiger charge is 2.43. The van der Waals surface area contributed by atoms with E-state index in [2.05, 4.69) is 23.1 Å². The summed E-state index contributed by atoms with van der Waals surface area (Å²) in [5.74, 6) is -0.109. The maximum Gasteiger partial charge on any atom is 0.418 e. The first-order chi connectivity index (χ1) is 21.0. The van der Waals surface area contributed by atoms with Crippen LogP contribution in [-0.2, 0) is 10.3 Å². The lowest BCUT2D eigenvalue weighted by Gasteiger charge is -2.39. The fraction of sp³-hybridized carbons (Fsp3) is 0.297. The number of benzene rings is 3. The SMILES string of the molecule is COc1ncc(-c2ccn(C(=O)OC(C)(C)C)c2)cc1C(c1ccccc1)C(O)(CCN(C)C)c1cccc2ccccc12. The van der Waals surface area contributed by atoms with Crippen molar-refractivity contribution >= 4 is 16.9 Å². The Kier molecular flexibility index (Phi) is 8.90. The molecule has 0 aliphatic carbocycles. The highest BCUT2D eigenvalue weighted by molar-refractivity contribution is 5.87. The minimum Gasteiger partial charge on any atom is -0.481 e. The third-order valence-corrected chi connectivity index (χ3v) is 7.82. The van der Waals surface area contributed by atoms with Crippen LogP contribution < -0.4 is 4.74 Å². The number of rotatable bonds is 9. The van der Waals surface area contributed by atoms with E-state index < -0.39 is 23.2 Å². The van der Waals surface area contributed by atoms with E-state index >= 15 is 0 Å². The number of aromatic nitrogens is 2. The number of hydrogen-bond donors (Lipinski definition) is 1. The monoisotopic (exact) mass is 591 g/mol. The average molecular weight is 592 g/mol. The zero-order valence-corrected chi connectivity index (χ0v) is 26.3. The number of carbonyl (C=O) groups is 1. The zero-order valence-electron chi connectivity index (χ0n) is 26.3. The van der Waals surface area contributed by atoms with Crippen molar-refractivity contribution in [2.45, 2.75) is 44.3 Å². The lowest BCUT2D eigenvalue weighted by molar-refractivity contribution is 0.00516. The molecule has 0 fully saturated rings. The van der Waals surface area contributed by atoms with Crippen LogP contribution in [0.15, 0.2) is 104 Å². The van der Waals surface area contributed by atoms with E-state index in [0.717, 1.165) is 38.6 Å². The summed E-state index contributed by atoms with van der Waals surface area (Å²) in [6, 6.07) is 28.2. The first kappa shape index (κ1) is 31.0. The largest absolute Gasteiger partial charge is 0.481 e. The lowest BCUT2D eigenvalue weighted by Crippen LogP contribution is -2.38. The molecule has 0 radical (unpaired) electrons. The normalized spacial score (nSPS) is 13.9. The molecule has 0 saturated carbocycles. The maximum atomic E-state index is 13.2. The third kappa shape index (κ3) is 6.54. The van der Waals surface area contributed by atoms with Gasteiger partial charge in [-0.15, -0.1) is 0 Å². The van der Waals surface area contributed by atoms with Crippen LogP contribution in [0.4, 0.5) is 4.79 Å². The van der Waals surface area contributed by atoms with Crippen molar-refractivity contribution in [3.63, 3.8) is 0 Å². The van der Waals surface area contributed by atoms with Gasteiger partial charge in [0, 0.05) is 47.7 Å². The van der Waals surface area contributed by atoms with Gasteiger partial charge in [-0.05, 0) is 75.3 Å². The van der Waals surface area contributed by atoms with Crippen LogP contribution in [0.3, 0.4) is 0 Å². The van der Waals surface area contributed by atoms with Crippen molar-refractivity contribution in [2.75, 3.05) is 27.7 Å². The first-order valence-corrected chi connectivity index (χ1v) is 14.9. The Bertz CT molecular complexity index is 1730. The Balaban J connectivity index is 1.71. The summed E-state index contributed by atoms with van der Waals surface area (Å²) in [4.78, 5) is 19.6. The summed E-state index contributed by atoms with van der Waals surface area (Å²) in [5, 5.41) is 15.2. The number of ether oxygens (including phenoxy) is 2. The average Bonchev–Trinajstić information content (AvgIpc) is 3.50. The summed E-state index contributed by atoms with van der Waals surface area (Å²) in [6.45, 7) is 6.17. The number of pyridine rings is 1. The molecule has 44 heavy (non-hydrogen) atoms. The van der Waals surface area contributed by atoms with Gasteiger partial charge in [0.2, 0.25) is 5.88 Å². The number of fused-ring (bicyclic) bond motifs is 1. The van der Waals surface area contributed by atoms with Crippen molar-refractivity contribution in [3.05, 3.63) is 120 Å². The Labute approximate surface area is 259 Å². The van der Waals surface area contributed by atoms with E-state index in [1.54, 1.807) is 25.7 Å². The molecule has 3 aromatic carbocycles. The molecule has 228 valence electrons. The topological polar surface area (TPSA) is 76.8 Å². The molecule has 2 unspecified atom stereocenters. The minimum atomic E-state index is -1.34. The molecule has 7 nitrogen and oxygen atoms in total.